The zero-order valence-corrected chi connectivity index (χ0v) is 11.3. The molecule has 1 aromatic heterocycles. The van der Waals surface area contributed by atoms with Gasteiger partial charge < -0.3 is 10.5 Å². The van der Waals surface area contributed by atoms with Gasteiger partial charge >= 0.3 is 0 Å². The lowest BCUT2D eigenvalue weighted by molar-refractivity contribution is 0.155. The van der Waals surface area contributed by atoms with Crippen LogP contribution in [0.4, 0.5) is 5.95 Å². The van der Waals surface area contributed by atoms with Crippen molar-refractivity contribution in [2.75, 3.05) is 5.73 Å². The van der Waals surface area contributed by atoms with Crippen LogP contribution in [0.5, 0.6) is 5.75 Å². The minimum Gasteiger partial charge on any atom is -0.490 e. The Hall–Kier alpha value is -2.17. The molecule has 1 heterocycles. The molecule has 5 heteroatoms. The van der Waals surface area contributed by atoms with Gasteiger partial charge in [-0.25, -0.2) is 4.98 Å². The van der Waals surface area contributed by atoms with Gasteiger partial charge in [0.2, 0.25) is 5.95 Å². The van der Waals surface area contributed by atoms with Gasteiger partial charge in [-0.1, -0.05) is 6.42 Å². The van der Waals surface area contributed by atoms with E-state index >= 15 is 0 Å². The molecule has 20 heavy (non-hydrogen) atoms. The molecule has 0 unspecified atom stereocenters. The number of nitrogen functional groups attached to an aromatic ring is 1. The molecule has 0 amide bonds. The maximum absolute atomic E-state index is 5.99. The van der Waals surface area contributed by atoms with Crippen LogP contribution in [0.2, 0.25) is 0 Å². The lowest BCUT2D eigenvalue weighted by Gasteiger charge is -2.23. The summed E-state index contributed by atoms with van der Waals surface area (Å²) >= 11 is 0. The van der Waals surface area contributed by atoms with Crippen LogP contribution in [-0.2, 0) is 0 Å². The SMILES string of the molecule is Nc1ncc(-c2ccc(OC3CCCCC3)cc2)nn1. The van der Waals surface area contributed by atoms with Crippen molar-refractivity contribution in [2.24, 2.45) is 0 Å². The molecule has 0 aliphatic heterocycles. The number of rotatable bonds is 3. The van der Waals surface area contributed by atoms with E-state index in [2.05, 4.69) is 15.2 Å². The van der Waals surface area contributed by atoms with Crippen molar-refractivity contribution in [3.8, 4) is 17.0 Å². The van der Waals surface area contributed by atoms with Crippen LogP contribution in [-0.4, -0.2) is 21.3 Å². The van der Waals surface area contributed by atoms with Gasteiger partial charge in [-0.2, -0.15) is 0 Å². The number of hydrogen-bond donors (Lipinski definition) is 1. The molecular weight excluding hydrogens is 252 g/mol. The van der Waals surface area contributed by atoms with E-state index in [4.69, 9.17) is 10.5 Å². The second-order valence-corrected chi connectivity index (χ2v) is 5.10. The smallest absolute Gasteiger partial charge is 0.240 e. The molecule has 1 fully saturated rings. The third kappa shape index (κ3) is 3.04. The van der Waals surface area contributed by atoms with Gasteiger partial charge in [-0.3, -0.25) is 0 Å². The number of anilines is 1. The molecule has 1 aliphatic carbocycles. The fourth-order valence-electron chi connectivity index (χ4n) is 2.50. The standard InChI is InChI=1S/C15H18N4O/c16-15-17-10-14(18-19-15)11-6-8-13(9-7-11)20-12-4-2-1-3-5-12/h6-10,12H,1-5H2,(H2,16,17,19). The van der Waals surface area contributed by atoms with E-state index in [1.54, 1.807) is 6.20 Å². The lowest BCUT2D eigenvalue weighted by Crippen LogP contribution is -2.19. The van der Waals surface area contributed by atoms with Crippen molar-refractivity contribution in [3.05, 3.63) is 30.5 Å². The Morgan fingerprint density at radius 1 is 1.00 bits per heavy atom. The van der Waals surface area contributed by atoms with E-state index in [1.165, 1.54) is 19.3 Å². The molecule has 0 bridgehead atoms. The van der Waals surface area contributed by atoms with Crippen molar-refractivity contribution < 1.29 is 4.74 Å². The van der Waals surface area contributed by atoms with E-state index < -0.39 is 0 Å². The number of hydrogen-bond acceptors (Lipinski definition) is 5. The van der Waals surface area contributed by atoms with Gasteiger partial charge in [-0.15, -0.1) is 10.2 Å². The summed E-state index contributed by atoms with van der Waals surface area (Å²) in [6, 6.07) is 7.89. The van der Waals surface area contributed by atoms with Crippen LogP contribution >= 0.6 is 0 Å². The molecule has 5 nitrogen and oxygen atoms in total. The number of benzene rings is 1. The fraction of sp³-hybridized carbons (Fsp3) is 0.400. The summed E-state index contributed by atoms with van der Waals surface area (Å²) in [5.41, 5.74) is 7.10. The summed E-state index contributed by atoms with van der Waals surface area (Å²) in [6.07, 6.45) is 8.20. The normalized spacial score (nSPS) is 16.0. The maximum Gasteiger partial charge on any atom is 0.240 e. The Bertz CT molecular complexity index is 547. The van der Waals surface area contributed by atoms with Crippen LogP contribution in [0.1, 0.15) is 32.1 Å². The quantitative estimate of drug-likeness (QED) is 0.928. The molecule has 0 atom stereocenters. The van der Waals surface area contributed by atoms with Crippen molar-refractivity contribution >= 4 is 5.95 Å². The van der Waals surface area contributed by atoms with E-state index in [-0.39, 0.29) is 5.95 Å². The van der Waals surface area contributed by atoms with E-state index in [1.807, 2.05) is 24.3 Å². The molecule has 1 aliphatic rings. The van der Waals surface area contributed by atoms with Gasteiger partial charge in [0.25, 0.3) is 0 Å². The monoisotopic (exact) mass is 270 g/mol. The second-order valence-electron chi connectivity index (χ2n) is 5.10. The summed E-state index contributed by atoms with van der Waals surface area (Å²) in [6.45, 7) is 0. The average Bonchev–Trinajstić information content (AvgIpc) is 2.50. The van der Waals surface area contributed by atoms with Crippen molar-refractivity contribution in [2.45, 2.75) is 38.2 Å². The third-order valence-electron chi connectivity index (χ3n) is 3.58. The predicted molar refractivity (Wildman–Crippen MR) is 77.2 cm³/mol. The molecule has 0 saturated heterocycles. The molecule has 2 N–H and O–H groups in total. The van der Waals surface area contributed by atoms with Crippen molar-refractivity contribution in [3.63, 3.8) is 0 Å². The molecule has 1 saturated carbocycles. The topological polar surface area (TPSA) is 73.9 Å². The first-order valence-corrected chi connectivity index (χ1v) is 7.03. The van der Waals surface area contributed by atoms with E-state index in [0.29, 0.717) is 11.8 Å². The summed E-state index contributed by atoms with van der Waals surface area (Å²) in [4.78, 5) is 3.94. The Morgan fingerprint density at radius 2 is 1.75 bits per heavy atom. The minimum absolute atomic E-state index is 0.186. The molecular formula is C15H18N4O. The summed E-state index contributed by atoms with van der Waals surface area (Å²) in [7, 11) is 0. The first kappa shape index (κ1) is 12.8. The maximum atomic E-state index is 5.99. The van der Waals surface area contributed by atoms with Crippen LogP contribution < -0.4 is 10.5 Å². The third-order valence-corrected chi connectivity index (χ3v) is 3.58. The number of ether oxygens (including phenoxy) is 1. The Kier molecular flexibility index (Phi) is 3.76. The van der Waals surface area contributed by atoms with E-state index in [9.17, 15) is 0 Å². The van der Waals surface area contributed by atoms with Gasteiger partial charge in [-0.05, 0) is 49.9 Å². The number of aromatic nitrogens is 3. The predicted octanol–water partition coefficient (Wildman–Crippen LogP) is 2.83. The molecule has 3 rings (SSSR count). The summed E-state index contributed by atoms with van der Waals surface area (Å²) < 4.78 is 5.99. The summed E-state index contributed by atoms with van der Waals surface area (Å²) in [5.74, 6) is 1.10. The van der Waals surface area contributed by atoms with Gasteiger partial charge in [0, 0.05) is 5.56 Å². The fourth-order valence-corrected chi connectivity index (χ4v) is 2.50. The minimum atomic E-state index is 0.186. The van der Waals surface area contributed by atoms with Crippen LogP contribution in [0.3, 0.4) is 0 Å². The van der Waals surface area contributed by atoms with Gasteiger partial charge in [0.05, 0.1) is 12.3 Å². The Morgan fingerprint density at radius 3 is 2.40 bits per heavy atom. The highest BCUT2D eigenvalue weighted by atomic mass is 16.5. The van der Waals surface area contributed by atoms with Gasteiger partial charge in [0.1, 0.15) is 11.4 Å². The zero-order chi connectivity index (χ0) is 13.8. The second kappa shape index (κ2) is 5.86. The number of nitrogens with zero attached hydrogens (tertiary/aromatic N) is 3. The van der Waals surface area contributed by atoms with Crippen LogP contribution in [0.15, 0.2) is 30.5 Å². The lowest BCUT2D eigenvalue weighted by atomic mass is 9.98. The highest BCUT2D eigenvalue weighted by molar-refractivity contribution is 5.58. The highest BCUT2D eigenvalue weighted by Gasteiger charge is 2.14. The molecule has 1 aromatic carbocycles. The first-order valence-electron chi connectivity index (χ1n) is 7.03. The van der Waals surface area contributed by atoms with Gasteiger partial charge in [0.15, 0.2) is 0 Å². The van der Waals surface area contributed by atoms with Crippen LogP contribution in [0.25, 0.3) is 11.3 Å². The molecule has 0 spiro atoms. The molecule has 0 radical (unpaired) electrons. The molecule has 2 aromatic rings. The summed E-state index contributed by atoms with van der Waals surface area (Å²) in [5, 5.41) is 7.77. The Labute approximate surface area is 118 Å². The van der Waals surface area contributed by atoms with Crippen molar-refractivity contribution in [1.82, 2.24) is 15.2 Å². The van der Waals surface area contributed by atoms with E-state index in [0.717, 1.165) is 24.2 Å². The Balaban J connectivity index is 1.69. The zero-order valence-electron chi connectivity index (χ0n) is 11.3. The van der Waals surface area contributed by atoms with Crippen molar-refractivity contribution in [1.29, 1.82) is 0 Å². The average molecular weight is 270 g/mol. The highest BCUT2D eigenvalue weighted by Crippen LogP contribution is 2.25. The number of nitrogens with two attached hydrogens (primary N) is 1. The largest absolute Gasteiger partial charge is 0.490 e. The molecule has 104 valence electrons. The first-order chi connectivity index (χ1) is 9.81. The van der Waals surface area contributed by atoms with Crippen LogP contribution in [0, 0.1) is 0 Å².